The van der Waals surface area contributed by atoms with Crippen LogP contribution in [0.2, 0.25) is 0 Å². The molecule has 0 radical (unpaired) electrons. The number of nitrogens with zero attached hydrogens (tertiary/aromatic N) is 1. The predicted molar refractivity (Wildman–Crippen MR) is 93.2 cm³/mol. The Labute approximate surface area is 148 Å². The Hall–Kier alpha value is -2.80. The second-order valence-electron chi connectivity index (χ2n) is 5.38. The zero-order valence-electron chi connectivity index (χ0n) is 13.3. The maximum absolute atomic E-state index is 12.7. The standard InChI is InChI=1S/C18H15NO5S/c1-24-12-6-4-5-11(9-12)19-16(20)10-15(17(19)21)25-14-8-3-2-7-13(14)18(22)23/h2-9,15H,10H2,1H3,(H,22,23). The molecule has 0 spiro atoms. The number of hydrogen-bond donors (Lipinski definition) is 1. The number of methoxy groups -OCH3 is 1. The lowest BCUT2D eigenvalue weighted by Gasteiger charge is -2.16. The molecule has 1 saturated heterocycles. The van der Waals surface area contributed by atoms with E-state index in [2.05, 4.69) is 0 Å². The number of amides is 2. The minimum absolute atomic E-state index is 0.0225. The third kappa shape index (κ3) is 3.36. The number of carbonyl (C=O) groups excluding carboxylic acids is 2. The van der Waals surface area contributed by atoms with Gasteiger partial charge in [0.1, 0.15) is 5.75 Å². The molecule has 6 nitrogen and oxygen atoms in total. The van der Waals surface area contributed by atoms with Crippen LogP contribution in [-0.4, -0.2) is 35.2 Å². The number of thioether (sulfide) groups is 1. The van der Waals surface area contributed by atoms with Gasteiger partial charge in [-0.25, -0.2) is 9.69 Å². The van der Waals surface area contributed by atoms with Crippen LogP contribution in [0.4, 0.5) is 5.69 Å². The number of rotatable bonds is 5. The van der Waals surface area contributed by atoms with E-state index in [0.29, 0.717) is 16.3 Å². The summed E-state index contributed by atoms with van der Waals surface area (Å²) in [4.78, 5) is 37.9. The quantitative estimate of drug-likeness (QED) is 0.829. The zero-order valence-corrected chi connectivity index (χ0v) is 14.2. The monoisotopic (exact) mass is 357 g/mol. The Morgan fingerprint density at radius 3 is 2.68 bits per heavy atom. The molecule has 0 aliphatic carbocycles. The molecule has 2 aromatic rings. The van der Waals surface area contributed by atoms with Gasteiger partial charge in [0.15, 0.2) is 0 Å². The third-order valence-electron chi connectivity index (χ3n) is 3.80. The van der Waals surface area contributed by atoms with Gasteiger partial charge in [0.05, 0.1) is 23.6 Å². The molecule has 1 atom stereocenters. The van der Waals surface area contributed by atoms with Crippen molar-refractivity contribution in [2.24, 2.45) is 0 Å². The number of ether oxygens (including phenoxy) is 1. The molecule has 0 aromatic heterocycles. The molecular formula is C18H15NO5S. The highest BCUT2D eigenvalue weighted by Crippen LogP contribution is 2.36. The van der Waals surface area contributed by atoms with Crippen LogP contribution in [0.1, 0.15) is 16.8 Å². The van der Waals surface area contributed by atoms with Gasteiger partial charge in [-0.2, -0.15) is 0 Å². The van der Waals surface area contributed by atoms with E-state index in [9.17, 15) is 19.5 Å². The van der Waals surface area contributed by atoms with Crippen molar-refractivity contribution in [3.05, 3.63) is 54.1 Å². The van der Waals surface area contributed by atoms with Crippen molar-refractivity contribution in [1.82, 2.24) is 0 Å². The lowest BCUT2D eigenvalue weighted by molar-refractivity contribution is -0.121. The average Bonchev–Trinajstić information content (AvgIpc) is 2.89. The molecule has 0 saturated carbocycles. The van der Waals surface area contributed by atoms with E-state index in [-0.39, 0.29) is 23.8 Å². The van der Waals surface area contributed by atoms with E-state index in [1.807, 2.05) is 0 Å². The van der Waals surface area contributed by atoms with Crippen LogP contribution in [0.3, 0.4) is 0 Å². The third-order valence-corrected chi connectivity index (χ3v) is 5.07. The minimum Gasteiger partial charge on any atom is -0.497 e. The van der Waals surface area contributed by atoms with Crippen LogP contribution in [0, 0.1) is 0 Å². The summed E-state index contributed by atoms with van der Waals surface area (Å²) in [5.41, 5.74) is 0.566. The van der Waals surface area contributed by atoms with Gasteiger partial charge in [-0.15, -0.1) is 11.8 Å². The van der Waals surface area contributed by atoms with Gasteiger partial charge in [0.2, 0.25) is 11.8 Å². The molecule has 1 N–H and O–H groups in total. The molecule has 1 fully saturated rings. The number of hydrogen-bond acceptors (Lipinski definition) is 5. The fourth-order valence-corrected chi connectivity index (χ4v) is 3.79. The van der Waals surface area contributed by atoms with E-state index in [1.54, 1.807) is 42.5 Å². The normalized spacial score (nSPS) is 17.0. The Balaban J connectivity index is 1.86. The predicted octanol–water partition coefficient (Wildman–Crippen LogP) is 2.82. The van der Waals surface area contributed by atoms with E-state index in [1.165, 1.54) is 13.2 Å². The second kappa shape index (κ2) is 6.98. The fraction of sp³-hybridized carbons (Fsp3) is 0.167. The maximum atomic E-state index is 12.7. The number of imide groups is 1. The molecule has 2 amide bonds. The summed E-state index contributed by atoms with van der Waals surface area (Å²) < 4.78 is 5.13. The van der Waals surface area contributed by atoms with E-state index < -0.39 is 11.2 Å². The first-order chi connectivity index (χ1) is 12.0. The Morgan fingerprint density at radius 1 is 1.20 bits per heavy atom. The van der Waals surface area contributed by atoms with Gasteiger partial charge in [0.25, 0.3) is 0 Å². The van der Waals surface area contributed by atoms with Crippen molar-refractivity contribution in [2.75, 3.05) is 12.0 Å². The highest BCUT2D eigenvalue weighted by atomic mass is 32.2. The first-order valence-corrected chi connectivity index (χ1v) is 8.39. The van der Waals surface area contributed by atoms with Crippen molar-refractivity contribution in [3.63, 3.8) is 0 Å². The smallest absolute Gasteiger partial charge is 0.336 e. The van der Waals surface area contributed by atoms with Gasteiger partial charge in [-0.3, -0.25) is 9.59 Å². The number of anilines is 1. The summed E-state index contributed by atoms with van der Waals surface area (Å²) in [5.74, 6) is -1.19. The van der Waals surface area contributed by atoms with Crippen LogP contribution in [0.25, 0.3) is 0 Å². The van der Waals surface area contributed by atoms with Gasteiger partial charge >= 0.3 is 5.97 Å². The lowest BCUT2D eigenvalue weighted by atomic mass is 10.2. The lowest BCUT2D eigenvalue weighted by Crippen LogP contribution is -2.31. The Bertz CT molecular complexity index is 851. The molecule has 7 heteroatoms. The highest BCUT2D eigenvalue weighted by molar-refractivity contribution is 8.00. The van der Waals surface area contributed by atoms with Gasteiger partial charge in [-0.1, -0.05) is 18.2 Å². The summed E-state index contributed by atoms with van der Waals surface area (Å²) >= 11 is 1.10. The van der Waals surface area contributed by atoms with E-state index in [4.69, 9.17) is 4.74 Å². The summed E-state index contributed by atoms with van der Waals surface area (Å²) in [6.07, 6.45) is 0.0225. The summed E-state index contributed by atoms with van der Waals surface area (Å²) in [7, 11) is 1.51. The van der Waals surface area contributed by atoms with Crippen LogP contribution >= 0.6 is 11.8 Å². The number of carboxylic acids is 1. The SMILES string of the molecule is COc1cccc(N2C(=O)CC(Sc3ccccc3C(=O)O)C2=O)c1. The molecule has 1 aliphatic rings. The molecule has 2 aromatic carbocycles. The summed E-state index contributed by atoms with van der Waals surface area (Å²) in [5, 5.41) is 8.60. The number of aromatic carboxylic acids is 1. The van der Waals surface area contributed by atoms with Crippen LogP contribution in [0.5, 0.6) is 5.75 Å². The molecule has 0 bridgehead atoms. The van der Waals surface area contributed by atoms with E-state index >= 15 is 0 Å². The Kier molecular flexibility index (Phi) is 4.76. The Morgan fingerprint density at radius 2 is 1.96 bits per heavy atom. The number of carbonyl (C=O) groups is 3. The maximum Gasteiger partial charge on any atom is 0.336 e. The number of benzene rings is 2. The first kappa shape index (κ1) is 17.0. The molecule has 1 aliphatic heterocycles. The van der Waals surface area contributed by atoms with Crippen molar-refractivity contribution < 1.29 is 24.2 Å². The minimum atomic E-state index is -1.07. The summed E-state index contributed by atoms with van der Waals surface area (Å²) in [6.45, 7) is 0. The summed E-state index contributed by atoms with van der Waals surface area (Å²) in [6, 6.07) is 13.2. The average molecular weight is 357 g/mol. The van der Waals surface area contributed by atoms with Crippen LogP contribution in [0.15, 0.2) is 53.4 Å². The van der Waals surface area contributed by atoms with Crippen molar-refractivity contribution in [1.29, 1.82) is 0 Å². The van der Waals surface area contributed by atoms with Gasteiger partial charge in [-0.05, 0) is 24.3 Å². The number of carboxylic acid groups (broad SMARTS) is 1. The highest BCUT2D eigenvalue weighted by Gasteiger charge is 2.40. The molecular weight excluding hydrogens is 342 g/mol. The molecule has 128 valence electrons. The van der Waals surface area contributed by atoms with Crippen molar-refractivity contribution in [2.45, 2.75) is 16.6 Å². The molecule has 3 rings (SSSR count). The van der Waals surface area contributed by atoms with E-state index in [0.717, 1.165) is 16.7 Å². The first-order valence-electron chi connectivity index (χ1n) is 7.51. The fourth-order valence-electron chi connectivity index (χ4n) is 2.62. The van der Waals surface area contributed by atoms with Crippen molar-refractivity contribution >= 4 is 35.2 Å². The molecule has 1 unspecified atom stereocenters. The largest absolute Gasteiger partial charge is 0.497 e. The van der Waals surface area contributed by atoms with Crippen molar-refractivity contribution in [3.8, 4) is 5.75 Å². The van der Waals surface area contributed by atoms with Gasteiger partial charge < -0.3 is 9.84 Å². The second-order valence-corrected chi connectivity index (χ2v) is 6.63. The topological polar surface area (TPSA) is 83.9 Å². The molecule has 1 heterocycles. The zero-order chi connectivity index (χ0) is 18.0. The van der Waals surface area contributed by atoms with Crippen LogP contribution < -0.4 is 9.64 Å². The van der Waals surface area contributed by atoms with Crippen LogP contribution in [-0.2, 0) is 9.59 Å². The van der Waals surface area contributed by atoms with Gasteiger partial charge in [0, 0.05) is 17.4 Å². The molecule has 25 heavy (non-hydrogen) atoms.